The first-order chi connectivity index (χ1) is 6.83. The molecule has 0 amide bonds. The summed E-state index contributed by atoms with van der Waals surface area (Å²) in [5, 5.41) is 1.16. The van der Waals surface area contributed by atoms with Crippen molar-refractivity contribution < 1.29 is 4.74 Å². The summed E-state index contributed by atoms with van der Waals surface area (Å²) < 4.78 is 5.42. The first-order valence-corrected chi connectivity index (χ1v) is 4.71. The van der Waals surface area contributed by atoms with Gasteiger partial charge in [-0.15, -0.1) is 0 Å². The molecule has 0 aliphatic rings. The number of H-pyrrole nitrogens is 1. The van der Waals surface area contributed by atoms with Crippen LogP contribution in [0.1, 0.15) is 12.6 Å². The lowest BCUT2D eigenvalue weighted by Crippen LogP contribution is -1.90. The molecule has 0 spiro atoms. The zero-order valence-corrected chi connectivity index (χ0v) is 8.21. The molecule has 2 aromatic rings. The molecular formula is C12H13NO. The molecule has 2 nitrogen and oxygen atoms in total. The van der Waals surface area contributed by atoms with E-state index < -0.39 is 0 Å². The topological polar surface area (TPSA) is 25.0 Å². The molecule has 0 aliphatic heterocycles. The molecule has 0 bridgehead atoms. The van der Waals surface area contributed by atoms with Gasteiger partial charge >= 0.3 is 0 Å². The van der Waals surface area contributed by atoms with Crippen LogP contribution in [-0.4, -0.2) is 11.6 Å². The Morgan fingerprint density at radius 2 is 2.29 bits per heavy atom. The van der Waals surface area contributed by atoms with Crippen LogP contribution < -0.4 is 4.74 Å². The second-order valence-electron chi connectivity index (χ2n) is 3.11. The van der Waals surface area contributed by atoms with Crippen molar-refractivity contribution >= 4 is 17.0 Å². The van der Waals surface area contributed by atoms with Crippen LogP contribution in [0.2, 0.25) is 0 Å². The van der Waals surface area contributed by atoms with Gasteiger partial charge in [0.1, 0.15) is 5.75 Å². The molecule has 0 saturated heterocycles. The van der Waals surface area contributed by atoms with Crippen LogP contribution in [-0.2, 0) is 0 Å². The Bertz CT molecular complexity index is 456. The fourth-order valence-corrected chi connectivity index (χ4v) is 1.50. The summed E-state index contributed by atoms with van der Waals surface area (Å²) in [7, 11) is 0. The molecule has 0 radical (unpaired) electrons. The number of ether oxygens (including phenoxy) is 1. The number of hydrogen-bond donors (Lipinski definition) is 1. The quantitative estimate of drug-likeness (QED) is 0.784. The van der Waals surface area contributed by atoms with E-state index in [4.69, 9.17) is 4.74 Å². The molecule has 72 valence electrons. The molecule has 0 unspecified atom stereocenters. The SMILES string of the molecule is C=Cc1cc2cc(OCC)ccc2[nH]1. The van der Waals surface area contributed by atoms with E-state index in [1.54, 1.807) is 6.08 Å². The second kappa shape index (κ2) is 3.58. The summed E-state index contributed by atoms with van der Waals surface area (Å²) >= 11 is 0. The molecule has 1 aromatic heterocycles. The Morgan fingerprint density at radius 3 is 3.00 bits per heavy atom. The first kappa shape index (κ1) is 8.88. The standard InChI is InChI=1S/C12H13NO/c1-3-10-7-9-8-11(14-4-2)5-6-12(9)13-10/h3,5-8,13H,1,4H2,2H3. The third-order valence-corrected chi connectivity index (χ3v) is 2.14. The molecule has 14 heavy (non-hydrogen) atoms. The average molecular weight is 187 g/mol. The maximum Gasteiger partial charge on any atom is 0.120 e. The number of aromatic nitrogens is 1. The second-order valence-corrected chi connectivity index (χ2v) is 3.11. The monoisotopic (exact) mass is 187 g/mol. The van der Waals surface area contributed by atoms with Gasteiger partial charge in [0.2, 0.25) is 0 Å². The van der Waals surface area contributed by atoms with E-state index in [0.29, 0.717) is 6.61 Å². The highest BCUT2D eigenvalue weighted by Gasteiger charge is 1.99. The highest BCUT2D eigenvalue weighted by atomic mass is 16.5. The highest BCUT2D eigenvalue weighted by molar-refractivity contribution is 5.83. The summed E-state index contributed by atoms with van der Waals surface area (Å²) in [6.45, 7) is 6.40. The lowest BCUT2D eigenvalue weighted by molar-refractivity contribution is 0.341. The summed E-state index contributed by atoms with van der Waals surface area (Å²) in [4.78, 5) is 3.24. The van der Waals surface area contributed by atoms with Crippen LogP contribution in [0.5, 0.6) is 5.75 Å². The minimum absolute atomic E-state index is 0.699. The number of fused-ring (bicyclic) bond motifs is 1. The summed E-state index contributed by atoms with van der Waals surface area (Å²) in [6, 6.07) is 8.08. The fourth-order valence-electron chi connectivity index (χ4n) is 1.50. The van der Waals surface area contributed by atoms with Crippen molar-refractivity contribution in [2.24, 2.45) is 0 Å². The molecular weight excluding hydrogens is 174 g/mol. The van der Waals surface area contributed by atoms with Crippen LogP contribution in [0.25, 0.3) is 17.0 Å². The number of benzene rings is 1. The molecule has 0 atom stereocenters. The van der Waals surface area contributed by atoms with Crippen LogP contribution in [0, 0.1) is 0 Å². The number of nitrogens with one attached hydrogen (secondary N) is 1. The van der Waals surface area contributed by atoms with Crippen molar-refractivity contribution in [1.82, 2.24) is 4.98 Å². The largest absolute Gasteiger partial charge is 0.494 e. The highest BCUT2D eigenvalue weighted by Crippen LogP contribution is 2.21. The van der Waals surface area contributed by atoms with Gasteiger partial charge in [-0.25, -0.2) is 0 Å². The van der Waals surface area contributed by atoms with Crippen molar-refractivity contribution in [3.8, 4) is 5.75 Å². The Hall–Kier alpha value is -1.70. The zero-order valence-electron chi connectivity index (χ0n) is 8.21. The third-order valence-electron chi connectivity index (χ3n) is 2.14. The summed E-state index contributed by atoms with van der Waals surface area (Å²) in [6.07, 6.45) is 1.81. The Morgan fingerprint density at radius 1 is 1.43 bits per heavy atom. The van der Waals surface area contributed by atoms with Crippen molar-refractivity contribution in [3.63, 3.8) is 0 Å². The Labute approximate surface area is 83.2 Å². The predicted octanol–water partition coefficient (Wildman–Crippen LogP) is 3.21. The number of hydrogen-bond acceptors (Lipinski definition) is 1. The van der Waals surface area contributed by atoms with Crippen LogP contribution in [0.15, 0.2) is 30.8 Å². The summed E-state index contributed by atoms with van der Waals surface area (Å²) in [5.41, 5.74) is 2.15. The van der Waals surface area contributed by atoms with Gasteiger partial charge in [0, 0.05) is 16.6 Å². The average Bonchev–Trinajstić information content (AvgIpc) is 2.60. The molecule has 0 fully saturated rings. The van der Waals surface area contributed by atoms with Gasteiger partial charge in [-0.3, -0.25) is 0 Å². The minimum Gasteiger partial charge on any atom is -0.494 e. The molecule has 0 saturated carbocycles. The van der Waals surface area contributed by atoms with E-state index in [0.717, 1.165) is 22.3 Å². The van der Waals surface area contributed by atoms with Gasteiger partial charge in [0.05, 0.1) is 6.61 Å². The number of aromatic amines is 1. The normalized spacial score (nSPS) is 10.4. The Kier molecular flexibility index (Phi) is 2.27. The fraction of sp³-hybridized carbons (Fsp3) is 0.167. The van der Waals surface area contributed by atoms with Crippen LogP contribution in [0.4, 0.5) is 0 Å². The smallest absolute Gasteiger partial charge is 0.120 e. The molecule has 1 heterocycles. The van der Waals surface area contributed by atoms with E-state index in [-0.39, 0.29) is 0 Å². The molecule has 1 N–H and O–H groups in total. The van der Waals surface area contributed by atoms with Crippen LogP contribution >= 0.6 is 0 Å². The molecule has 2 rings (SSSR count). The number of rotatable bonds is 3. The van der Waals surface area contributed by atoms with E-state index in [1.807, 2.05) is 25.1 Å². The zero-order chi connectivity index (χ0) is 9.97. The lowest BCUT2D eigenvalue weighted by Gasteiger charge is -2.01. The van der Waals surface area contributed by atoms with Gasteiger partial charge < -0.3 is 9.72 Å². The summed E-state index contributed by atoms with van der Waals surface area (Å²) in [5.74, 6) is 0.912. The van der Waals surface area contributed by atoms with Gasteiger partial charge in [0.15, 0.2) is 0 Å². The molecule has 0 aliphatic carbocycles. The van der Waals surface area contributed by atoms with E-state index in [9.17, 15) is 0 Å². The first-order valence-electron chi connectivity index (χ1n) is 4.71. The van der Waals surface area contributed by atoms with E-state index >= 15 is 0 Å². The van der Waals surface area contributed by atoms with Gasteiger partial charge in [-0.05, 0) is 37.3 Å². The van der Waals surface area contributed by atoms with Crippen molar-refractivity contribution in [2.75, 3.05) is 6.61 Å². The van der Waals surface area contributed by atoms with Gasteiger partial charge in [-0.1, -0.05) is 6.58 Å². The molecule has 1 aromatic carbocycles. The maximum atomic E-state index is 5.42. The van der Waals surface area contributed by atoms with Gasteiger partial charge in [0.25, 0.3) is 0 Å². The molecule has 2 heteroatoms. The lowest BCUT2D eigenvalue weighted by atomic mass is 10.2. The third kappa shape index (κ3) is 1.51. The minimum atomic E-state index is 0.699. The van der Waals surface area contributed by atoms with Crippen molar-refractivity contribution in [2.45, 2.75) is 6.92 Å². The van der Waals surface area contributed by atoms with Crippen molar-refractivity contribution in [1.29, 1.82) is 0 Å². The van der Waals surface area contributed by atoms with Crippen molar-refractivity contribution in [3.05, 3.63) is 36.5 Å². The van der Waals surface area contributed by atoms with E-state index in [2.05, 4.69) is 17.6 Å². The Balaban J connectivity index is 2.48. The maximum absolute atomic E-state index is 5.42. The predicted molar refractivity (Wildman–Crippen MR) is 59.6 cm³/mol. The van der Waals surface area contributed by atoms with Gasteiger partial charge in [-0.2, -0.15) is 0 Å². The van der Waals surface area contributed by atoms with E-state index in [1.165, 1.54) is 0 Å². The van der Waals surface area contributed by atoms with Crippen LogP contribution in [0.3, 0.4) is 0 Å².